The lowest BCUT2D eigenvalue weighted by Gasteiger charge is -2.18. The second-order valence-electron chi connectivity index (χ2n) is 5.01. The van der Waals surface area contributed by atoms with E-state index in [0.29, 0.717) is 0 Å². The Morgan fingerprint density at radius 2 is 1.77 bits per heavy atom. The zero-order valence-corrected chi connectivity index (χ0v) is 12.3. The number of carbonyl (C=O) groups is 3. The van der Waals surface area contributed by atoms with Crippen molar-refractivity contribution in [2.45, 2.75) is 32.0 Å². The summed E-state index contributed by atoms with van der Waals surface area (Å²) in [4.78, 5) is 34.3. The molecule has 3 atom stereocenters. The van der Waals surface area contributed by atoms with Gasteiger partial charge in [-0.3, -0.25) is 14.4 Å². The van der Waals surface area contributed by atoms with Crippen molar-refractivity contribution in [1.29, 1.82) is 0 Å². The smallest absolute Gasteiger partial charge is 0.321 e. The molecule has 0 aromatic heterocycles. The third-order valence-corrected chi connectivity index (χ3v) is 3.27. The Labute approximate surface area is 128 Å². The number of carboxylic acids is 1. The SMILES string of the molecule is CC(C(=O)[C@@H](N)CC(=O)OCc1ccccc1)C(N)C(=O)O. The Morgan fingerprint density at radius 1 is 1.18 bits per heavy atom. The van der Waals surface area contributed by atoms with Crippen LogP contribution in [0.3, 0.4) is 0 Å². The van der Waals surface area contributed by atoms with Crippen LogP contribution >= 0.6 is 0 Å². The average molecular weight is 308 g/mol. The Kier molecular flexibility index (Phi) is 6.68. The van der Waals surface area contributed by atoms with Gasteiger partial charge in [-0.05, 0) is 5.56 Å². The molecule has 7 nitrogen and oxygen atoms in total. The topological polar surface area (TPSA) is 133 Å². The van der Waals surface area contributed by atoms with Crippen molar-refractivity contribution >= 4 is 17.7 Å². The fourth-order valence-corrected chi connectivity index (χ4v) is 1.81. The first-order chi connectivity index (χ1) is 10.3. The van der Waals surface area contributed by atoms with Crippen molar-refractivity contribution in [3.05, 3.63) is 35.9 Å². The van der Waals surface area contributed by atoms with E-state index in [0.717, 1.165) is 5.56 Å². The van der Waals surface area contributed by atoms with Gasteiger partial charge in [-0.2, -0.15) is 0 Å². The van der Waals surface area contributed by atoms with Crippen LogP contribution in [0.25, 0.3) is 0 Å². The molecule has 0 bridgehead atoms. The number of carbonyl (C=O) groups excluding carboxylic acids is 2. The van der Waals surface area contributed by atoms with Crippen LogP contribution < -0.4 is 11.5 Å². The highest BCUT2D eigenvalue weighted by Crippen LogP contribution is 2.09. The quantitative estimate of drug-likeness (QED) is 0.578. The van der Waals surface area contributed by atoms with Gasteiger partial charge in [-0.25, -0.2) is 0 Å². The molecule has 1 aromatic rings. The summed E-state index contributed by atoms with van der Waals surface area (Å²) in [5, 5.41) is 8.77. The Bertz CT molecular complexity index is 532. The fourth-order valence-electron chi connectivity index (χ4n) is 1.81. The second-order valence-corrected chi connectivity index (χ2v) is 5.01. The van der Waals surface area contributed by atoms with Gasteiger partial charge in [-0.1, -0.05) is 37.3 Å². The van der Waals surface area contributed by atoms with Gasteiger partial charge < -0.3 is 21.3 Å². The Morgan fingerprint density at radius 3 is 2.32 bits per heavy atom. The fraction of sp³-hybridized carbons (Fsp3) is 0.400. The van der Waals surface area contributed by atoms with Crippen molar-refractivity contribution in [1.82, 2.24) is 0 Å². The van der Waals surface area contributed by atoms with Crippen molar-refractivity contribution in [2.75, 3.05) is 0 Å². The van der Waals surface area contributed by atoms with Crippen LogP contribution in [0.2, 0.25) is 0 Å². The van der Waals surface area contributed by atoms with Gasteiger partial charge >= 0.3 is 11.9 Å². The largest absolute Gasteiger partial charge is 0.480 e. The minimum atomic E-state index is -1.35. The summed E-state index contributed by atoms with van der Waals surface area (Å²) in [6.45, 7) is 1.46. The van der Waals surface area contributed by atoms with Crippen LogP contribution in [0.5, 0.6) is 0 Å². The normalized spacial score (nSPS) is 14.7. The molecular weight excluding hydrogens is 288 g/mol. The van der Waals surface area contributed by atoms with Gasteiger partial charge in [0.05, 0.1) is 12.5 Å². The summed E-state index contributed by atoms with van der Waals surface area (Å²) in [7, 11) is 0. The van der Waals surface area contributed by atoms with Gasteiger partial charge in [-0.15, -0.1) is 0 Å². The first kappa shape index (κ1) is 17.8. The Hall–Kier alpha value is -2.25. The molecule has 0 aliphatic heterocycles. The maximum Gasteiger partial charge on any atom is 0.321 e. The number of aliphatic carboxylic acids is 1. The number of ether oxygens (including phenoxy) is 1. The van der Waals surface area contributed by atoms with Gasteiger partial charge in [0.25, 0.3) is 0 Å². The van der Waals surface area contributed by atoms with E-state index in [2.05, 4.69) is 0 Å². The van der Waals surface area contributed by atoms with Crippen molar-refractivity contribution in [3.63, 3.8) is 0 Å². The number of carboxylic acid groups (broad SMARTS) is 1. The van der Waals surface area contributed by atoms with E-state index < -0.39 is 35.7 Å². The van der Waals surface area contributed by atoms with Crippen LogP contribution in [0.15, 0.2) is 30.3 Å². The third-order valence-electron chi connectivity index (χ3n) is 3.27. The molecule has 0 saturated carbocycles. The van der Waals surface area contributed by atoms with Crippen LogP contribution in [0.1, 0.15) is 18.9 Å². The monoisotopic (exact) mass is 308 g/mol. The summed E-state index contributed by atoms with van der Waals surface area (Å²) >= 11 is 0. The van der Waals surface area contributed by atoms with E-state index in [1.54, 1.807) is 12.1 Å². The van der Waals surface area contributed by atoms with E-state index in [4.69, 9.17) is 21.3 Å². The van der Waals surface area contributed by atoms with E-state index >= 15 is 0 Å². The molecule has 1 aromatic carbocycles. The molecule has 1 rings (SSSR count). The highest BCUT2D eigenvalue weighted by Gasteiger charge is 2.31. The predicted molar refractivity (Wildman–Crippen MR) is 78.6 cm³/mol. The zero-order chi connectivity index (χ0) is 16.7. The summed E-state index contributed by atoms with van der Waals surface area (Å²) in [6.07, 6.45) is -0.317. The summed E-state index contributed by atoms with van der Waals surface area (Å²) in [6, 6.07) is 6.58. The number of benzene rings is 1. The molecule has 0 aliphatic carbocycles. The number of esters is 1. The predicted octanol–water partition coefficient (Wildman–Crippen LogP) is 0.0643. The molecule has 120 valence electrons. The molecule has 7 heteroatoms. The average Bonchev–Trinajstić information content (AvgIpc) is 2.51. The first-order valence-corrected chi connectivity index (χ1v) is 6.80. The summed E-state index contributed by atoms with van der Waals surface area (Å²) in [5.41, 5.74) is 11.8. The molecule has 0 heterocycles. The lowest BCUT2D eigenvalue weighted by atomic mass is 9.92. The highest BCUT2D eigenvalue weighted by molar-refractivity contribution is 5.93. The maximum atomic E-state index is 11.9. The summed E-state index contributed by atoms with van der Waals surface area (Å²) in [5.74, 6) is -3.47. The van der Waals surface area contributed by atoms with Gasteiger partial charge in [0.1, 0.15) is 12.6 Å². The number of ketones is 1. The van der Waals surface area contributed by atoms with Gasteiger partial charge in [0.15, 0.2) is 5.78 Å². The van der Waals surface area contributed by atoms with E-state index in [-0.39, 0.29) is 13.0 Å². The molecular formula is C15H20N2O5. The van der Waals surface area contributed by atoms with E-state index in [1.807, 2.05) is 18.2 Å². The van der Waals surface area contributed by atoms with Crippen molar-refractivity contribution < 1.29 is 24.2 Å². The minimum absolute atomic E-state index is 0.0881. The molecule has 0 amide bonds. The van der Waals surface area contributed by atoms with Gasteiger partial charge in [0, 0.05) is 5.92 Å². The standard InChI is InChI=1S/C15H20N2O5/c1-9(13(17)15(20)21)14(19)11(16)7-12(18)22-8-10-5-3-2-4-6-10/h2-6,9,11,13H,7-8,16-17H2,1H3,(H,20,21)/t9?,11-,13?/m0/s1. The number of hydrogen-bond acceptors (Lipinski definition) is 6. The molecule has 0 aliphatic rings. The third kappa shape index (κ3) is 5.27. The maximum absolute atomic E-state index is 11.9. The van der Waals surface area contributed by atoms with Crippen LogP contribution in [0, 0.1) is 5.92 Å². The lowest BCUT2D eigenvalue weighted by molar-refractivity contribution is -0.147. The highest BCUT2D eigenvalue weighted by atomic mass is 16.5. The number of rotatable bonds is 8. The Balaban J connectivity index is 2.46. The van der Waals surface area contributed by atoms with Crippen LogP contribution in [-0.2, 0) is 25.7 Å². The molecule has 0 saturated heterocycles. The van der Waals surface area contributed by atoms with Crippen molar-refractivity contribution in [3.8, 4) is 0 Å². The molecule has 0 fully saturated rings. The second kappa shape index (κ2) is 8.26. The minimum Gasteiger partial charge on any atom is -0.480 e. The van der Waals surface area contributed by atoms with Gasteiger partial charge in [0.2, 0.25) is 0 Å². The molecule has 0 radical (unpaired) electrons. The van der Waals surface area contributed by atoms with E-state index in [9.17, 15) is 14.4 Å². The molecule has 0 spiro atoms. The van der Waals surface area contributed by atoms with E-state index in [1.165, 1.54) is 6.92 Å². The number of hydrogen-bond donors (Lipinski definition) is 3. The molecule has 22 heavy (non-hydrogen) atoms. The number of Topliss-reactive ketones (excluding diaryl/α,β-unsaturated/α-hetero) is 1. The first-order valence-electron chi connectivity index (χ1n) is 6.80. The zero-order valence-electron chi connectivity index (χ0n) is 12.3. The summed E-state index contributed by atoms with van der Waals surface area (Å²) < 4.78 is 5.02. The molecule has 5 N–H and O–H groups in total. The van der Waals surface area contributed by atoms with Crippen LogP contribution in [-0.4, -0.2) is 34.9 Å². The van der Waals surface area contributed by atoms with Crippen LogP contribution in [0.4, 0.5) is 0 Å². The number of nitrogens with two attached hydrogens (primary N) is 2. The molecule has 2 unspecified atom stereocenters. The van der Waals surface area contributed by atoms with Crippen molar-refractivity contribution in [2.24, 2.45) is 17.4 Å². The lowest BCUT2D eigenvalue weighted by Crippen LogP contribution is -2.46.